The molecule has 9 nitrogen and oxygen atoms in total. The predicted molar refractivity (Wildman–Crippen MR) is 89.1 cm³/mol. The first-order chi connectivity index (χ1) is 12.0. The average Bonchev–Trinajstić information content (AvgIpc) is 3.17. The van der Waals surface area contributed by atoms with Gasteiger partial charge in [-0.05, 0) is 24.6 Å². The molecule has 0 spiro atoms. The van der Waals surface area contributed by atoms with Gasteiger partial charge in [0.05, 0.1) is 11.4 Å². The molecule has 3 aliphatic rings. The number of hydrogen-bond donors (Lipinski definition) is 1. The number of nitrogens with one attached hydrogen (secondary N) is 1. The maximum atomic E-state index is 12.9. The van der Waals surface area contributed by atoms with E-state index in [0.29, 0.717) is 49.7 Å². The smallest absolute Gasteiger partial charge is 0.304 e. The summed E-state index contributed by atoms with van der Waals surface area (Å²) < 4.78 is 34.0. The van der Waals surface area contributed by atoms with Crippen LogP contribution in [0.25, 0.3) is 0 Å². The Labute approximate surface area is 145 Å². The lowest BCUT2D eigenvalue weighted by Crippen LogP contribution is -2.41. The van der Waals surface area contributed by atoms with Crippen molar-refractivity contribution in [3.63, 3.8) is 0 Å². The van der Waals surface area contributed by atoms with Crippen LogP contribution in [0.3, 0.4) is 0 Å². The Morgan fingerprint density at radius 3 is 2.88 bits per heavy atom. The second-order valence-electron chi connectivity index (χ2n) is 6.20. The lowest BCUT2D eigenvalue weighted by molar-refractivity contribution is -0.118. The number of likely N-dealkylation sites (tertiary alicyclic amines) is 1. The quantitative estimate of drug-likeness (QED) is 0.738. The van der Waals surface area contributed by atoms with Crippen LogP contribution in [0.15, 0.2) is 18.2 Å². The zero-order chi connectivity index (χ0) is 17.6. The summed E-state index contributed by atoms with van der Waals surface area (Å²) in [5.74, 6) is 0.260. The number of amides is 1. The fourth-order valence-corrected chi connectivity index (χ4v) is 5.28. The molecule has 0 bridgehead atoms. The van der Waals surface area contributed by atoms with Crippen molar-refractivity contribution in [3.8, 4) is 11.9 Å². The zero-order valence-electron chi connectivity index (χ0n) is 13.4. The molecule has 2 fully saturated rings. The molecule has 3 heterocycles. The van der Waals surface area contributed by atoms with Gasteiger partial charge in [-0.25, -0.2) is 0 Å². The van der Waals surface area contributed by atoms with Gasteiger partial charge in [0.2, 0.25) is 0 Å². The average molecular weight is 363 g/mol. The zero-order valence-corrected chi connectivity index (χ0v) is 14.2. The van der Waals surface area contributed by atoms with E-state index in [1.54, 1.807) is 23.1 Å². The van der Waals surface area contributed by atoms with Gasteiger partial charge in [0.25, 0.3) is 5.91 Å². The molecule has 1 N–H and O–H groups in total. The summed E-state index contributed by atoms with van der Waals surface area (Å²) in [5, 5.41) is 11.7. The fraction of sp³-hybridized carbons (Fsp3) is 0.467. The summed E-state index contributed by atoms with van der Waals surface area (Å²) in [6.45, 7) is 1.68. The molecule has 4 rings (SSSR count). The SMILES string of the molecule is N#CN1CCC(N2CCN(c3ccc4c(c3)NC(=O)CO4)S2(=O)=O)C1. The van der Waals surface area contributed by atoms with E-state index >= 15 is 0 Å². The van der Waals surface area contributed by atoms with Crippen LogP contribution in [0.4, 0.5) is 11.4 Å². The van der Waals surface area contributed by atoms with E-state index in [9.17, 15) is 13.2 Å². The third-order valence-electron chi connectivity index (χ3n) is 4.69. The highest BCUT2D eigenvalue weighted by atomic mass is 32.2. The molecule has 1 aromatic carbocycles. The van der Waals surface area contributed by atoms with Crippen molar-refractivity contribution in [3.05, 3.63) is 18.2 Å². The number of carbonyl (C=O) groups excluding carboxylic acids is 1. The highest BCUT2D eigenvalue weighted by Crippen LogP contribution is 2.35. The Kier molecular flexibility index (Phi) is 3.70. The minimum absolute atomic E-state index is 0.0425. The van der Waals surface area contributed by atoms with Gasteiger partial charge in [0.1, 0.15) is 5.75 Å². The molecule has 1 aromatic rings. The van der Waals surface area contributed by atoms with Crippen molar-refractivity contribution >= 4 is 27.5 Å². The van der Waals surface area contributed by atoms with Gasteiger partial charge in [-0.2, -0.15) is 18.0 Å². The Morgan fingerprint density at radius 1 is 1.28 bits per heavy atom. The van der Waals surface area contributed by atoms with Crippen LogP contribution >= 0.6 is 0 Å². The van der Waals surface area contributed by atoms with Crippen molar-refractivity contribution in [2.75, 3.05) is 42.4 Å². The number of anilines is 2. The summed E-state index contributed by atoms with van der Waals surface area (Å²) in [4.78, 5) is 13.0. The second kappa shape index (κ2) is 5.79. The number of carbonyl (C=O) groups is 1. The van der Waals surface area contributed by atoms with E-state index in [-0.39, 0.29) is 18.6 Å². The second-order valence-corrected chi connectivity index (χ2v) is 8.00. The predicted octanol–water partition coefficient (Wildman–Crippen LogP) is -0.0603. The van der Waals surface area contributed by atoms with Crippen molar-refractivity contribution < 1.29 is 17.9 Å². The van der Waals surface area contributed by atoms with Crippen LogP contribution in [0, 0.1) is 11.5 Å². The molecular formula is C15H17N5O4S. The standard InChI is InChI=1S/C15H17N5O4S/c16-10-18-4-3-12(8-18)20-6-5-19(25(20,22)23)11-1-2-14-13(7-11)17-15(21)9-24-14/h1-2,7,12H,3-6,8-9H2,(H,17,21). The van der Waals surface area contributed by atoms with E-state index in [1.807, 2.05) is 0 Å². The number of nitriles is 1. The van der Waals surface area contributed by atoms with E-state index in [4.69, 9.17) is 10.00 Å². The number of fused-ring (bicyclic) bond motifs is 1. The Bertz CT molecular complexity index is 865. The van der Waals surface area contributed by atoms with E-state index in [0.717, 1.165) is 0 Å². The van der Waals surface area contributed by atoms with Crippen molar-refractivity contribution in [1.29, 1.82) is 5.26 Å². The third kappa shape index (κ3) is 2.65. The topological polar surface area (TPSA) is 106 Å². The molecule has 0 aromatic heterocycles. The van der Waals surface area contributed by atoms with Crippen molar-refractivity contribution in [2.24, 2.45) is 0 Å². The molecule has 1 atom stereocenters. The first kappa shape index (κ1) is 16.0. The highest BCUT2D eigenvalue weighted by Gasteiger charge is 2.43. The lowest BCUT2D eigenvalue weighted by atomic mass is 10.2. The molecule has 0 radical (unpaired) electrons. The largest absolute Gasteiger partial charge is 0.482 e. The van der Waals surface area contributed by atoms with Crippen LogP contribution in [0.5, 0.6) is 5.75 Å². The molecule has 0 saturated carbocycles. The van der Waals surface area contributed by atoms with Crippen LogP contribution in [-0.4, -0.2) is 62.4 Å². The minimum atomic E-state index is -3.66. The Hall–Kier alpha value is -2.51. The molecule has 25 heavy (non-hydrogen) atoms. The molecule has 3 aliphatic heterocycles. The lowest BCUT2D eigenvalue weighted by Gasteiger charge is -2.25. The Balaban J connectivity index is 1.59. The molecule has 0 aliphatic carbocycles. The van der Waals surface area contributed by atoms with Crippen LogP contribution < -0.4 is 14.4 Å². The highest BCUT2D eigenvalue weighted by molar-refractivity contribution is 7.90. The van der Waals surface area contributed by atoms with Crippen LogP contribution in [0.2, 0.25) is 0 Å². The third-order valence-corrected chi connectivity index (χ3v) is 6.72. The van der Waals surface area contributed by atoms with Gasteiger partial charge in [-0.1, -0.05) is 0 Å². The molecular weight excluding hydrogens is 346 g/mol. The van der Waals surface area contributed by atoms with Gasteiger partial charge < -0.3 is 15.0 Å². The normalized spacial score (nSPS) is 25.2. The minimum Gasteiger partial charge on any atom is -0.482 e. The summed E-state index contributed by atoms with van der Waals surface area (Å²) in [6, 6.07) is 4.77. The molecule has 1 amide bonds. The summed E-state index contributed by atoms with van der Waals surface area (Å²) in [7, 11) is -3.66. The van der Waals surface area contributed by atoms with E-state index in [2.05, 4.69) is 11.5 Å². The fourth-order valence-electron chi connectivity index (χ4n) is 3.47. The first-order valence-corrected chi connectivity index (χ1v) is 9.39. The maximum Gasteiger partial charge on any atom is 0.304 e. The summed E-state index contributed by atoms with van der Waals surface area (Å²) >= 11 is 0. The number of benzene rings is 1. The van der Waals surface area contributed by atoms with Gasteiger partial charge in [0, 0.05) is 32.2 Å². The monoisotopic (exact) mass is 363 g/mol. The van der Waals surface area contributed by atoms with Gasteiger partial charge >= 0.3 is 10.2 Å². The van der Waals surface area contributed by atoms with Gasteiger partial charge in [-0.3, -0.25) is 9.10 Å². The Morgan fingerprint density at radius 2 is 2.12 bits per heavy atom. The summed E-state index contributed by atoms with van der Waals surface area (Å²) in [6.07, 6.45) is 2.72. The maximum absolute atomic E-state index is 12.9. The van der Waals surface area contributed by atoms with Crippen LogP contribution in [0.1, 0.15) is 6.42 Å². The van der Waals surface area contributed by atoms with Crippen molar-refractivity contribution in [2.45, 2.75) is 12.5 Å². The van der Waals surface area contributed by atoms with E-state index in [1.165, 1.54) is 8.61 Å². The molecule has 1 unspecified atom stereocenters. The molecule has 132 valence electrons. The van der Waals surface area contributed by atoms with Crippen LogP contribution in [-0.2, 0) is 15.0 Å². The van der Waals surface area contributed by atoms with Crippen molar-refractivity contribution in [1.82, 2.24) is 9.21 Å². The van der Waals surface area contributed by atoms with E-state index < -0.39 is 10.2 Å². The first-order valence-electron chi connectivity index (χ1n) is 8.00. The number of rotatable bonds is 2. The number of ether oxygens (including phenoxy) is 1. The van der Waals surface area contributed by atoms with Gasteiger partial charge in [-0.15, -0.1) is 0 Å². The number of nitrogens with zero attached hydrogens (tertiary/aromatic N) is 4. The molecule has 2 saturated heterocycles. The number of hydrogen-bond acceptors (Lipinski definition) is 6. The summed E-state index contributed by atoms with van der Waals surface area (Å²) in [5.41, 5.74) is 0.959. The molecule has 10 heteroatoms. The van der Waals surface area contributed by atoms with Gasteiger partial charge in [0.15, 0.2) is 12.8 Å².